The first-order chi connectivity index (χ1) is 13.0. The van der Waals surface area contributed by atoms with Crippen LogP contribution in [0, 0.1) is 5.82 Å². The summed E-state index contributed by atoms with van der Waals surface area (Å²) in [6.45, 7) is 1.53. The van der Waals surface area contributed by atoms with Crippen LogP contribution in [-0.2, 0) is 16.0 Å². The van der Waals surface area contributed by atoms with E-state index in [1.807, 2.05) is 24.3 Å². The average Bonchev–Trinajstić information content (AvgIpc) is 3.09. The number of ether oxygens (including phenoxy) is 1. The highest BCUT2D eigenvalue weighted by Gasteiger charge is 2.15. The van der Waals surface area contributed by atoms with Crippen LogP contribution in [0.25, 0.3) is 10.2 Å². The van der Waals surface area contributed by atoms with Gasteiger partial charge in [0, 0.05) is 12.8 Å². The highest BCUT2D eigenvalue weighted by atomic mass is 32.1. The molecule has 0 aliphatic heterocycles. The third kappa shape index (κ3) is 5.24. The number of para-hydroxylation sites is 1. The van der Waals surface area contributed by atoms with Crippen LogP contribution >= 0.6 is 11.3 Å². The van der Waals surface area contributed by atoms with Crippen molar-refractivity contribution in [2.75, 3.05) is 0 Å². The number of hydrazine groups is 1. The van der Waals surface area contributed by atoms with Crippen molar-refractivity contribution in [3.63, 3.8) is 0 Å². The van der Waals surface area contributed by atoms with Crippen LogP contribution in [-0.4, -0.2) is 22.9 Å². The Hall–Kier alpha value is -3.00. The van der Waals surface area contributed by atoms with Crippen LogP contribution in [0.3, 0.4) is 0 Å². The monoisotopic (exact) mass is 387 g/mol. The topological polar surface area (TPSA) is 80.3 Å². The smallest absolute Gasteiger partial charge is 0.279 e. The predicted octanol–water partition coefficient (Wildman–Crippen LogP) is 2.98. The summed E-state index contributed by atoms with van der Waals surface area (Å²) in [6.07, 6.45) is -0.157. The normalized spacial score (nSPS) is 11.8. The fraction of sp³-hybridized carbons (Fsp3) is 0.211. The second-order valence-electron chi connectivity index (χ2n) is 5.83. The maximum absolute atomic E-state index is 12.9. The lowest BCUT2D eigenvalue weighted by Crippen LogP contribution is -2.47. The van der Waals surface area contributed by atoms with Crippen LogP contribution in [0.1, 0.15) is 18.4 Å². The Bertz CT molecular complexity index is 910. The quantitative estimate of drug-likeness (QED) is 0.637. The van der Waals surface area contributed by atoms with Crippen molar-refractivity contribution in [1.82, 2.24) is 15.8 Å². The zero-order chi connectivity index (χ0) is 19.2. The summed E-state index contributed by atoms with van der Waals surface area (Å²) >= 11 is 1.55. The van der Waals surface area contributed by atoms with Gasteiger partial charge in [0.15, 0.2) is 6.10 Å². The van der Waals surface area contributed by atoms with E-state index in [1.54, 1.807) is 11.3 Å². The first-order valence-electron chi connectivity index (χ1n) is 8.36. The molecule has 1 unspecified atom stereocenters. The molecule has 27 heavy (non-hydrogen) atoms. The van der Waals surface area contributed by atoms with E-state index >= 15 is 0 Å². The van der Waals surface area contributed by atoms with Gasteiger partial charge in [0.1, 0.15) is 11.6 Å². The fourth-order valence-corrected chi connectivity index (χ4v) is 3.28. The van der Waals surface area contributed by atoms with E-state index < -0.39 is 12.0 Å². The van der Waals surface area contributed by atoms with E-state index in [0.29, 0.717) is 12.2 Å². The first kappa shape index (κ1) is 18.8. The summed E-state index contributed by atoms with van der Waals surface area (Å²) in [6, 6.07) is 13.1. The molecule has 0 radical (unpaired) electrons. The van der Waals surface area contributed by atoms with Crippen molar-refractivity contribution in [3.8, 4) is 5.75 Å². The van der Waals surface area contributed by atoms with Gasteiger partial charge in [-0.2, -0.15) is 0 Å². The van der Waals surface area contributed by atoms with Gasteiger partial charge in [-0.25, -0.2) is 9.37 Å². The van der Waals surface area contributed by atoms with Crippen LogP contribution in [0.4, 0.5) is 4.39 Å². The molecule has 0 fully saturated rings. The van der Waals surface area contributed by atoms with Crippen molar-refractivity contribution < 1.29 is 18.7 Å². The van der Waals surface area contributed by atoms with E-state index in [2.05, 4.69) is 15.8 Å². The van der Waals surface area contributed by atoms with Gasteiger partial charge in [0.2, 0.25) is 5.91 Å². The Morgan fingerprint density at radius 2 is 1.89 bits per heavy atom. The number of nitrogens with one attached hydrogen (secondary N) is 2. The van der Waals surface area contributed by atoms with Gasteiger partial charge in [-0.15, -0.1) is 11.3 Å². The molecule has 0 spiro atoms. The summed E-state index contributed by atoms with van der Waals surface area (Å²) < 4.78 is 19.3. The van der Waals surface area contributed by atoms with Crippen LogP contribution in [0.15, 0.2) is 48.5 Å². The summed E-state index contributed by atoms with van der Waals surface area (Å²) in [4.78, 5) is 28.4. The number of carbonyl (C=O) groups excluding carboxylic acids is 2. The van der Waals surface area contributed by atoms with E-state index in [4.69, 9.17) is 4.74 Å². The summed E-state index contributed by atoms with van der Waals surface area (Å²) in [5.41, 5.74) is 5.60. The molecule has 3 rings (SSSR count). The number of thiazole rings is 1. The number of nitrogens with zero attached hydrogens (tertiary/aromatic N) is 1. The third-order valence-electron chi connectivity index (χ3n) is 3.72. The number of benzene rings is 2. The van der Waals surface area contributed by atoms with Gasteiger partial charge in [-0.3, -0.25) is 20.4 Å². The van der Waals surface area contributed by atoms with Gasteiger partial charge in [0.05, 0.1) is 15.2 Å². The van der Waals surface area contributed by atoms with Gasteiger partial charge in [-0.05, 0) is 43.3 Å². The minimum Gasteiger partial charge on any atom is -0.481 e. The molecule has 3 aromatic rings. The molecule has 0 bridgehead atoms. The van der Waals surface area contributed by atoms with E-state index in [-0.39, 0.29) is 18.1 Å². The van der Waals surface area contributed by atoms with E-state index in [0.717, 1.165) is 15.2 Å². The molecule has 1 aromatic heterocycles. The van der Waals surface area contributed by atoms with Gasteiger partial charge in [-0.1, -0.05) is 12.1 Å². The Morgan fingerprint density at radius 1 is 1.15 bits per heavy atom. The van der Waals surface area contributed by atoms with E-state index in [9.17, 15) is 14.0 Å². The second-order valence-corrected chi connectivity index (χ2v) is 6.94. The number of halogens is 1. The molecule has 2 N–H and O–H groups in total. The number of amides is 2. The zero-order valence-electron chi connectivity index (χ0n) is 14.6. The number of fused-ring (bicyclic) bond motifs is 1. The molecular formula is C19H18FN3O3S. The maximum atomic E-state index is 12.9. The minimum atomic E-state index is -0.847. The van der Waals surface area contributed by atoms with Gasteiger partial charge < -0.3 is 4.74 Å². The summed E-state index contributed by atoms with van der Waals surface area (Å²) in [5.74, 6) is -0.856. The molecular weight excluding hydrogens is 369 g/mol. The lowest BCUT2D eigenvalue weighted by molar-refractivity contribution is -0.132. The summed E-state index contributed by atoms with van der Waals surface area (Å²) in [7, 11) is 0. The zero-order valence-corrected chi connectivity index (χ0v) is 15.4. The second kappa shape index (κ2) is 8.59. The molecule has 0 saturated carbocycles. The first-order valence-corrected chi connectivity index (χ1v) is 9.18. The number of rotatable bonds is 6. The molecule has 8 heteroatoms. The highest BCUT2D eigenvalue weighted by Crippen LogP contribution is 2.22. The molecule has 2 aromatic carbocycles. The minimum absolute atomic E-state index is 0.202. The lowest BCUT2D eigenvalue weighted by Gasteiger charge is -2.15. The van der Waals surface area contributed by atoms with Gasteiger partial charge >= 0.3 is 0 Å². The van der Waals surface area contributed by atoms with Crippen LogP contribution in [0.5, 0.6) is 5.75 Å². The molecule has 0 saturated heterocycles. The molecule has 2 amide bonds. The number of aromatic nitrogens is 1. The molecule has 1 heterocycles. The Labute approximate surface area is 159 Å². The SMILES string of the molecule is CC(Oc1ccc(F)cc1)C(=O)NNC(=O)CCc1nc2ccccc2s1. The highest BCUT2D eigenvalue weighted by molar-refractivity contribution is 7.18. The maximum Gasteiger partial charge on any atom is 0.279 e. The van der Waals surface area contributed by atoms with Crippen molar-refractivity contribution in [3.05, 3.63) is 59.4 Å². The van der Waals surface area contributed by atoms with Crippen molar-refractivity contribution in [1.29, 1.82) is 0 Å². The standard InChI is InChI=1S/C19H18FN3O3S/c1-12(26-14-8-6-13(20)7-9-14)19(25)23-22-17(24)10-11-18-21-15-4-2-3-5-16(15)27-18/h2-9,12H,10-11H2,1H3,(H,22,24)(H,23,25). The van der Waals surface area contributed by atoms with Crippen molar-refractivity contribution >= 4 is 33.4 Å². The fourth-order valence-electron chi connectivity index (χ4n) is 2.31. The number of hydrogen-bond acceptors (Lipinski definition) is 5. The Balaban J connectivity index is 1.42. The number of aryl methyl sites for hydroxylation is 1. The Kier molecular flexibility index (Phi) is 5.97. The molecule has 0 aliphatic rings. The average molecular weight is 387 g/mol. The van der Waals surface area contributed by atoms with Gasteiger partial charge in [0.25, 0.3) is 5.91 Å². The predicted molar refractivity (Wildman–Crippen MR) is 101 cm³/mol. The van der Waals surface area contributed by atoms with Crippen molar-refractivity contribution in [2.24, 2.45) is 0 Å². The lowest BCUT2D eigenvalue weighted by atomic mass is 10.3. The largest absolute Gasteiger partial charge is 0.481 e. The van der Waals surface area contributed by atoms with Crippen LogP contribution in [0.2, 0.25) is 0 Å². The van der Waals surface area contributed by atoms with E-state index in [1.165, 1.54) is 31.2 Å². The third-order valence-corrected chi connectivity index (χ3v) is 4.82. The number of carbonyl (C=O) groups is 2. The number of hydrogen-bond donors (Lipinski definition) is 2. The molecule has 6 nitrogen and oxygen atoms in total. The molecule has 0 aliphatic carbocycles. The molecule has 1 atom stereocenters. The van der Waals surface area contributed by atoms with Crippen LogP contribution < -0.4 is 15.6 Å². The Morgan fingerprint density at radius 3 is 2.63 bits per heavy atom. The molecule has 140 valence electrons. The summed E-state index contributed by atoms with van der Waals surface area (Å²) in [5, 5.41) is 0.866. The van der Waals surface area contributed by atoms with Crippen molar-refractivity contribution in [2.45, 2.75) is 25.9 Å².